The summed E-state index contributed by atoms with van der Waals surface area (Å²) in [7, 11) is 0. The van der Waals surface area contributed by atoms with E-state index in [1.165, 1.54) is 25.9 Å². The van der Waals surface area contributed by atoms with Crippen LogP contribution >= 0.6 is 0 Å². The average Bonchev–Trinajstić information content (AvgIpc) is 3.39. The quantitative estimate of drug-likeness (QED) is 0.548. The van der Waals surface area contributed by atoms with Gasteiger partial charge in [0.1, 0.15) is 11.6 Å². The van der Waals surface area contributed by atoms with Crippen molar-refractivity contribution >= 4 is 11.6 Å². The van der Waals surface area contributed by atoms with Crippen LogP contribution < -0.4 is 0 Å². The van der Waals surface area contributed by atoms with E-state index in [9.17, 15) is 9.59 Å². The van der Waals surface area contributed by atoms with Crippen molar-refractivity contribution < 1.29 is 19.1 Å². The number of ketones is 2. The summed E-state index contributed by atoms with van der Waals surface area (Å²) < 4.78 is 12.0. The third-order valence-corrected chi connectivity index (χ3v) is 10.5. The molecule has 5 aliphatic rings. The van der Waals surface area contributed by atoms with Gasteiger partial charge in [-0.25, -0.2) is 0 Å². The van der Waals surface area contributed by atoms with Gasteiger partial charge in [0, 0.05) is 30.7 Å². The minimum absolute atomic E-state index is 0.0963. The van der Waals surface area contributed by atoms with Crippen LogP contribution in [0.5, 0.6) is 0 Å². The smallest absolute Gasteiger partial charge is 0.139 e. The molecule has 1 saturated heterocycles. The monoisotopic (exact) mass is 445 g/mol. The van der Waals surface area contributed by atoms with E-state index in [4.69, 9.17) is 9.47 Å². The Bertz CT molecular complexity index is 718. The second kappa shape index (κ2) is 9.11. The number of carbonyl (C=O) groups excluding carboxylic acids is 2. The first kappa shape index (κ1) is 23.0. The van der Waals surface area contributed by atoms with E-state index in [2.05, 4.69) is 18.7 Å². The lowest BCUT2D eigenvalue weighted by atomic mass is 9.45. The van der Waals surface area contributed by atoms with Gasteiger partial charge in [-0.15, -0.1) is 0 Å². The Labute approximate surface area is 194 Å². The highest BCUT2D eigenvalue weighted by Crippen LogP contribution is 2.64. The fourth-order valence-electron chi connectivity index (χ4n) is 8.50. The van der Waals surface area contributed by atoms with Crippen molar-refractivity contribution in [1.29, 1.82) is 0 Å². The molecule has 4 saturated carbocycles. The second-order valence-corrected chi connectivity index (χ2v) is 12.0. The van der Waals surface area contributed by atoms with Crippen LogP contribution in [0, 0.1) is 34.5 Å². The number of rotatable bonds is 7. The number of carbonyl (C=O) groups is 2. The fraction of sp³-hybridized carbons (Fsp3) is 0.926. The van der Waals surface area contributed by atoms with Crippen LogP contribution in [0.2, 0.25) is 0 Å². The molecule has 0 bridgehead atoms. The predicted molar refractivity (Wildman–Crippen MR) is 123 cm³/mol. The van der Waals surface area contributed by atoms with Crippen molar-refractivity contribution in [3.63, 3.8) is 0 Å². The van der Waals surface area contributed by atoms with Gasteiger partial charge in [0.25, 0.3) is 0 Å². The van der Waals surface area contributed by atoms with E-state index in [1.807, 2.05) is 0 Å². The lowest BCUT2D eigenvalue weighted by molar-refractivity contribution is -0.163. The van der Waals surface area contributed by atoms with E-state index in [-0.39, 0.29) is 22.9 Å². The fourth-order valence-corrected chi connectivity index (χ4v) is 8.50. The lowest BCUT2D eigenvalue weighted by Crippen LogP contribution is -2.57. The Morgan fingerprint density at radius 3 is 2.59 bits per heavy atom. The number of ether oxygens (including phenoxy) is 2. The molecule has 0 radical (unpaired) electrons. The molecule has 5 heteroatoms. The number of Topliss-reactive ketones (excluding diaryl/α,β-unsaturated/α-hetero) is 2. The Balaban J connectivity index is 1.12. The first-order valence-corrected chi connectivity index (χ1v) is 13.4. The minimum atomic E-state index is -0.153. The Hall–Kier alpha value is -0.780. The zero-order valence-corrected chi connectivity index (χ0v) is 20.3. The maximum absolute atomic E-state index is 13.4. The van der Waals surface area contributed by atoms with Crippen LogP contribution in [0.25, 0.3) is 0 Å². The first-order valence-electron chi connectivity index (χ1n) is 13.4. The summed E-state index contributed by atoms with van der Waals surface area (Å²) in [6.45, 7) is 10.1. The van der Waals surface area contributed by atoms with Gasteiger partial charge in [0.15, 0.2) is 0 Å². The van der Waals surface area contributed by atoms with Crippen LogP contribution in [-0.4, -0.2) is 62.0 Å². The number of likely N-dealkylation sites (tertiary alicyclic amines) is 1. The van der Waals surface area contributed by atoms with Crippen molar-refractivity contribution in [2.45, 2.75) is 84.2 Å². The summed E-state index contributed by atoms with van der Waals surface area (Å²) in [5.41, 5.74) is -0.0568. The summed E-state index contributed by atoms with van der Waals surface area (Å²) in [5, 5.41) is 0. The molecule has 5 rings (SSSR count). The number of nitrogens with zero attached hydrogens (tertiary/aromatic N) is 1. The molecule has 0 aromatic rings. The number of hydrogen-bond acceptors (Lipinski definition) is 5. The van der Waals surface area contributed by atoms with Gasteiger partial charge in [-0.05, 0) is 87.6 Å². The maximum Gasteiger partial charge on any atom is 0.139 e. The molecule has 0 unspecified atom stereocenters. The third kappa shape index (κ3) is 4.01. The molecule has 0 aromatic carbocycles. The van der Waals surface area contributed by atoms with Gasteiger partial charge in [-0.3, -0.25) is 9.59 Å². The molecule has 5 fully saturated rings. The largest absolute Gasteiger partial charge is 0.378 e. The summed E-state index contributed by atoms with van der Waals surface area (Å²) in [5.74, 6) is 2.51. The number of hydrogen-bond donors (Lipinski definition) is 0. The van der Waals surface area contributed by atoms with Gasteiger partial charge in [0.2, 0.25) is 0 Å². The molecule has 1 heterocycles. The standard InChI is InChI=1S/C27H43NO4/c1-26-9-7-19(32-16-15-31-14-13-28-11-3-4-12-28)17-23(26)24(29)18-20-21-5-6-25(30)27(21,2)10-8-22(20)26/h19-23H,3-18H2,1-2H3/t19-,20-,21-,22-,23+,26+,27-/m0/s1. The van der Waals surface area contributed by atoms with Crippen LogP contribution in [0.15, 0.2) is 0 Å². The molecule has 0 aromatic heterocycles. The molecular weight excluding hydrogens is 402 g/mol. The van der Waals surface area contributed by atoms with Crippen LogP contribution in [0.1, 0.15) is 78.1 Å². The minimum Gasteiger partial charge on any atom is -0.378 e. The predicted octanol–water partition coefficient (Wildman–Crippen LogP) is 4.27. The highest BCUT2D eigenvalue weighted by Gasteiger charge is 2.62. The Kier molecular flexibility index (Phi) is 6.54. The van der Waals surface area contributed by atoms with Crippen molar-refractivity contribution in [3.05, 3.63) is 0 Å². The summed E-state index contributed by atoms with van der Waals surface area (Å²) >= 11 is 0. The third-order valence-electron chi connectivity index (χ3n) is 10.5. The van der Waals surface area contributed by atoms with E-state index in [0.29, 0.717) is 49.0 Å². The Morgan fingerprint density at radius 1 is 0.969 bits per heavy atom. The van der Waals surface area contributed by atoms with Crippen molar-refractivity contribution in [2.24, 2.45) is 34.5 Å². The lowest BCUT2D eigenvalue weighted by Gasteiger charge is -2.59. The highest BCUT2D eigenvalue weighted by atomic mass is 16.5. The van der Waals surface area contributed by atoms with Crippen LogP contribution in [-0.2, 0) is 19.1 Å². The van der Waals surface area contributed by atoms with Crippen molar-refractivity contribution in [2.75, 3.05) is 39.5 Å². The van der Waals surface area contributed by atoms with Gasteiger partial charge >= 0.3 is 0 Å². The first-order chi connectivity index (χ1) is 15.4. The van der Waals surface area contributed by atoms with E-state index in [1.54, 1.807) is 0 Å². The molecule has 0 N–H and O–H groups in total. The van der Waals surface area contributed by atoms with Crippen LogP contribution in [0.4, 0.5) is 0 Å². The van der Waals surface area contributed by atoms with E-state index >= 15 is 0 Å². The summed E-state index contributed by atoms with van der Waals surface area (Å²) in [4.78, 5) is 28.5. The highest BCUT2D eigenvalue weighted by molar-refractivity contribution is 5.88. The van der Waals surface area contributed by atoms with Gasteiger partial charge in [-0.1, -0.05) is 13.8 Å². The van der Waals surface area contributed by atoms with E-state index in [0.717, 1.165) is 58.1 Å². The molecule has 0 amide bonds. The molecule has 180 valence electrons. The molecule has 7 atom stereocenters. The molecular formula is C27H43NO4. The SMILES string of the molecule is C[C@]12CC[C@H](OCCOCCN3CCCC3)C[C@@H]1C(=O)C[C@@H]1[C@@H]2CC[C@]2(C)C(=O)CC[C@@H]12. The molecule has 0 spiro atoms. The van der Waals surface area contributed by atoms with Gasteiger partial charge in [0.05, 0.1) is 25.9 Å². The Morgan fingerprint density at radius 2 is 1.78 bits per heavy atom. The van der Waals surface area contributed by atoms with Crippen molar-refractivity contribution in [1.82, 2.24) is 4.90 Å². The van der Waals surface area contributed by atoms with Gasteiger partial charge in [-0.2, -0.15) is 0 Å². The zero-order valence-electron chi connectivity index (χ0n) is 20.3. The molecule has 32 heavy (non-hydrogen) atoms. The number of fused-ring (bicyclic) bond motifs is 5. The zero-order chi connectivity index (χ0) is 22.3. The van der Waals surface area contributed by atoms with E-state index < -0.39 is 0 Å². The average molecular weight is 446 g/mol. The topological polar surface area (TPSA) is 55.8 Å². The summed E-state index contributed by atoms with van der Waals surface area (Å²) in [6.07, 6.45) is 10.5. The summed E-state index contributed by atoms with van der Waals surface area (Å²) in [6, 6.07) is 0. The molecule has 1 aliphatic heterocycles. The normalized spacial score (nSPS) is 44.4. The van der Waals surface area contributed by atoms with Crippen LogP contribution in [0.3, 0.4) is 0 Å². The van der Waals surface area contributed by atoms with Gasteiger partial charge < -0.3 is 14.4 Å². The maximum atomic E-state index is 13.4. The second-order valence-electron chi connectivity index (χ2n) is 12.0. The molecule has 5 nitrogen and oxygen atoms in total. The molecule has 4 aliphatic carbocycles. The van der Waals surface area contributed by atoms with Crippen molar-refractivity contribution in [3.8, 4) is 0 Å².